The average molecular weight is 413 g/mol. The molecular formula is C17H18F3N5O2S. The standard InChI is InChI=1S/C17H18F3N5O2S/c1-28-16-23-8-11(14(25-16)10-2-5-21-6-3-10)12(26)9-27-13-4-7-22-15(24-13)17(18,19)20/h4,7-8,10,21H,2-3,5-6,9H2,1H3. The lowest BCUT2D eigenvalue weighted by Crippen LogP contribution is -2.28. The third kappa shape index (κ3) is 4.96. The van der Waals surface area contributed by atoms with E-state index < -0.39 is 24.4 Å². The molecule has 1 saturated heterocycles. The molecule has 0 spiro atoms. The summed E-state index contributed by atoms with van der Waals surface area (Å²) in [7, 11) is 0. The monoisotopic (exact) mass is 413 g/mol. The van der Waals surface area contributed by atoms with E-state index in [1.807, 2.05) is 6.26 Å². The van der Waals surface area contributed by atoms with Crippen LogP contribution in [0.3, 0.4) is 0 Å². The third-order valence-corrected chi connectivity index (χ3v) is 4.80. The lowest BCUT2D eigenvalue weighted by atomic mass is 9.91. The number of hydrogen-bond acceptors (Lipinski definition) is 8. The summed E-state index contributed by atoms with van der Waals surface area (Å²) in [5, 5.41) is 3.83. The van der Waals surface area contributed by atoms with Gasteiger partial charge in [0.1, 0.15) is 0 Å². The molecule has 0 saturated carbocycles. The molecule has 1 aliphatic rings. The highest BCUT2D eigenvalue weighted by Crippen LogP contribution is 2.29. The summed E-state index contributed by atoms with van der Waals surface area (Å²) in [6.07, 6.45) is 1.24. The van der Waals surface area contributed by atoms with Crippen LogP contribution in [0.1, 0.15) is 40.6 Å². The van der Waals surface area contributed by atoms with Crippen molar-refractivity contribution in [2.24, 2.45) is 0 Å². The molecule has 0 atom stereocenters. The number of aromatic nitrogens is 4. The summed E-state index contributed by atoms with van der Waals surface area (Å²) in [6.45, 7) is 1.19. The van der Waals surface area contributed by atoms with Crippen molar-refractivity contribution in [3.63, 3.8) is 0 Å². The number of alkyl halides is 3. The molecule has 1 fully saturated rings. The fourth-order valence-electron chi connectivity index (χ4n) is 2.87. The maximum atomic E-state index is 12.7. The number of ketones is 1. The molecule has 0 bridgehead atoms. The van der Waals surface area contributed by atoms with Crippen molar-refractivity contribution in [3.05, 3.63) is 35.5 Å². The van der Waals surface area contributed by atoms with E-state index in [0.29, 0.717) is 16.4 Å². The predicted molar refractivity (Wildman–Crippen MR) is 95.5 cm³/mol. The van der Waals surface area contributed by atoms with Crippen molar-refractivity contribution in [2.45, 2.75) is 30.1 Å². The SMILES string of the molecule is CSc1ncc(C(=O)COc2ccnc(C(F)(F)F)n2)c(C2CCNCC2)n1. The topological polar surface area (TPSA) is 89.9 Å². The van der Waals surface area contributed by atoms with E-state index >= 15 is 0 Å². The first kappa shape index (κ1) is 20.5. The quantitative estimate of drug-likeness (QED) is 0.439. The minimum absolute atomic E-state index is 0.116. The number of thioether (sulfide) groups is 1. The van der Waals surface area contributed by atoms with Crippen LogP contribution >= 0.6 is 11.8 Å². The number of nitrogens with one attached hydrogen (secondary N) is 1. The van der Waals surface area contributed by atoms with Crippen LogP contribution in [0.15, 0.2) is 23.6 Å². The van der Waals surface area contributed by atoms with Crippen LogP contribution in [0.2, 0.25) is 0 Å². The number of rotatable bonds is 6. The minimum Gasteiger partial charge on any atom is -0.469 e. The molecule has 0 amide bonds. The molecule has 1 N–H and O–H groups in total. The summed E-state index contributed by atoms with van der Waals surface area (Å²) >= 11 is 1.38. The molecule has 0 unspecified atom stereocenters. The maximum absolute atomic E-state index is 12.7. The van der Waals surface area contributed by atoms with Crippen LogP contribution in [0, 0.1) is 0 Å². The Hall–Kier alpha value is -2.27. The number of Topliss-reactive ketones (excluding diaryl/α,β-unsaturated/α-hetero) is 1. The molecular weight excluding hydrogens is 395 g/mol. The largest absolute Gasteiger partial charge is 0.469 e. The van der Waals surface area contributed by atoms with Gasteiger partial charge in [0.15, 0.2) is 11.8 Å². The van der Waals surface area contributed by atoms with E-state index in [2.05, 4.69) is 25.3 Å². The minimum atomic E-state index is -4.69. The van der Waals surface area contributed by atoms with Gasteiger partial charge >= 0.3 is 6.18 Å². The molecule has 11 heteroatoms. The van der Waals surface area contributed by atoms with Crippen molar-refractivity contribution in [2.75, 3.05) is 26.0 Å². The van der Waals surface area contributed by atoms with Gasteiger partial charge in [-0.15, -0.1) is 0 Å². The Bertz CT molecular complexity index is 844. The summed E-state index contributed by atoms with van der Waals surface area (Å²) in [6, 6.07) is 1.17. The Morgan fingerprint density at radius 1 is 1.29 bits per heavy atom. The molecule has 3 heterocycles. The molecule has 1 aliphatic heterocycles. The molecule has 2 aromatic rings. The number of nitrogens with zero attached hydrogens (tertiary/aromatic N) is 4. The number of carbonyl (C=O) groups is 1. The Kier molecular flexibility index (Phi) is 6.45. The molecule has 3 rings (SSSR count). The van der Waals surface area contributed by atoms with Gasteiger partial charge in [-0.25, -0.2) is 15.0 Å². The van der Waals surface area contributed by atoms with Crippen LogP contribution in [0.5, 0.6) is 5.88 Å². The van der Waals surface area contributed by atoms with Gasteiger partial charge < -0.3 is 10.1 Å². The molecule has 0 radical (unpaired) electrons. The summed E-state index contributed by atoms with van der Waals surface area (Å²) in [5.41, 5.74) is 0.989. The van der Waals surface area contributed by atoms with Crippen molar-refractivity contribution >= 4 is 17.5 Å². The van der Waals surface area contributed by atoms with E-state index in [4.69, 9.17) is 4.74 Å². The van der Waals surface area contributed by atoms with Crippen molar-refractivity contribution in [3.8, 4) is 5.88 Å². The van der Waals surface area contributed by atoms with Gasteiger partial charge in [-0.1, -0.05) is 11.8 Å². The predicted octanol–water partition coefficient (Wildman–Crippen LogP) is 2.74. The fourth-order valence-corrected chi connectivity index (χ4v) is 3.22. The fraction of sp³-hybridized carbons (Fsp3) is 0.471. The summed E-state index contributed by atoms with van der Waals surface area (Å²) < 4.78 is 43.3. The molecule has 150 valence electrons. The van der Waals surface area contributed by atoms with Crippen molar-refractivity contribution in [1.82, 2.24) is 25.3 Å². The van der Waals surface area contributed by atoms with E-state index in [9.17, 15) is 18.0 Å². The molecule has 2 aromatic heterocycles. The number of halogens is 3. The number of carbonyl (C=O) groups excluding carboxylic acids is 1. The van der Waals surface area contributed by atoms with E-state index in [-0.39, 0.29) is 11.8 Å². The van der Waals surface area contributed by atoms with Crippen LogP contribution in [0.25, 0.3) is 0 Å². The van der Waals surface area contributed by atoms with Crippen molar-refractivity contribution < 1.29 is 22.7 Å². The first-order chi connectivity index (χ1) is 13.4. The first-order valence-corrected chi connectivity index (χ1v) is 9.79. The lowest BCUT2D eigenvalue weighted by Gasteiger charge is -2.24. The van der Waals surface area contributed by atoms with E-state index in [1.54, 1.807) is 0 Å². The van der Waals surface area contributed by atoms with Gasteiger partial charge in [0.25, 0.3) is 0 Å². The van der Waals surface area contributed by atoms with Crippen LogP contribution < -0.4 is 10.1 Å². The van der Waals surface area contributed by atoms with Gasteiger partial charge in [-0.2, -0.15) is 18.2 Å². The Labute approximate surface area is 163 Å². The van der Waals surface area contributed by atoms with E-state index in [1.165, 1.54) is 24.0 Å². The Morgan fingerprint density at radius 3 is 2.71 bits per heavy atom. The molecule has 0 aromatic carbocycles. The maximum Gasteiger partial charge on any atom is 0.451 e. The van der Waals surface area contributed by atoms with E-state index in [0.717, 1.165) is 32.1 Å². The van der Waals surface area contributed by atoms with Crippen molar-refractivity contribution in [1.29, 1.82) is 0 Å². The Balaban J connectivity index is 1.77. The first-order valence-electron chi connectivity index (χ1n) is 8.56. The molecule has 7 nitrogen and oxygen atoms in total. The zero-order valence-corrected chi connectivity index (χ0v) is 15.8. The van der Waals surface area contributed by atoms with Crippen LogP contribution in [-0.2, 0) is 6.18 Å². The second-order valence-electron chi connectivity index (χ2n) is 6.11. The highest BCUT2D eigenvalue weighted by Gasteiger charge is 2.35. The zero-order chi connectivity index (χ0) is 20.1. The van der Waals surface area contributed by atoms with Gasteiger partial charge in [0, 0.05) is 24.4 Å². The average Bonchev–Trinajstić information content (AvgIpc) is 2.72. The van der Waals surface area contributed by atoms with Gasteiger partial charge in [0.2, 0.25) is 17.5 Å². The van der Waals surface area contributed by atoms with Gasteiger partial charge in [-0.05, 0) is 32.2 Å². The normalized spacial score (nSPS) is 15.4. The third-order valence-electron chi connectivity index (χ3n) is 4.24. The number of piperidine rings is 1. The zero-order valence-electron chi connectivity index (χ0n) is 15.0. The molecule has 28 heavy (non-hydrogen) atoms. The van der Waals surface area contributed by atoms with Gasteiger partial charge in [-0.3, -0.25) is 4.79 Å². The summed E-state index contributed by atoms with van der Waals surface area (Å²) in [5.74, 6) is -1.93. The Morgan fingerprint density at radius 2 is 2.04 bits per heavy atom. The van der Waals surface area contributed by atoms with Gasteiger partial charge in [0.05, 0.1) is 11.3 Å². The summed E-state index contributed by atoms with van der Waals surface area (Å²) in [4.78, 5) is 27.8. The second-order valence-corrected chi connectivity index (χ2v) is 6.88. The number of ether oxygens (including phenoxy) is 1. The lowest BCUT2D eigenvalue weighted by molar-refractivity contribution is -0.145. The number of hydrogen-bond donors (Lipinski definition) is 1. The second kappa shape index (κ2) is 8.82. The van der Waals surface area contributed by atoms with Crippen LogP contribution in [0.4, 0.5) is 13.2 Å². The highest BCUT2D eigenvalue weighted by molar-refractivity contribution is 7.98. The molecule has 0 aliphatic carbocycles. The smallest absolute Gasteiger partial charge is 0.451 e. The highest BCUT2D eigenvalue weighted by atomic mass is 32.2. The van der Waals surface area contributed by atoms with Crippen LogP contribution in [-0.4, -0.2) is 51.7 Å².